The first-order valence-corrected chi connectivity index (χ1v) is 9.00. The average molecular weight is 293 g/mol. The van der Waals surface area contributed by atoms with E-state index in [0.29, 0.717) is 0 Å². The summed E-state index contributed by atoms with van der Waals surface area (Å²) in [5, 5.41) is 0.216. The van der Waals surface area contributed by atoms with Crippen molar-refractivity contribution in [2.45, 2.75) is 82.9 Å². The van der Waals surface area contributed by atoms with Gasteiger partial charge in [0, 0.05) is 0 Å². The number of hydrogen-bond acceptors (Lipinski definition) is 0. The van der Waals surface area contributed by atoms with Crippen LogP contribution in [0.4, 0.5) is 0 Å². The molecule has 0 amide bonds. The molecule has 1 aliphatic rings. The topological polar surface area (TPSA) is 0 Å². The molecule has 0 heterocycles. The van der Waals surface area contributed by atoms with Crippen molar-refractivity contribution in [3.8, 4) is 0 Å². The molecule has 1 heteroatoms. The van der Waals surface area contributed by atoms with Gasteiger partial charge >= 0.3 is 0 Å². The first kappa shape index (κ1) is 15.9. The Morgan fingerprint density at radius 2 is 1.65 bits per heavy atom. The number of aryl methyl sites for hydroxylation is 2. The molecule has 0 aromatic heterocycles. The number of hydrogen-bond donors (Lipinski definition) is 0. The lowest BCUT2D eigenvalue weighted by atomic mass is 9.89. The van der Waals surface area contributed by atoms with Crippen molar-refractivity contribution < 1.29 is 0 Å². The van der Waals surface area contributed by atoms with Gasteiger partial charge in [0.15, 0.2) is 0 Å². The van der Waals surface area contributed by atoms with Crippen molar-refractivity contribution in [1.29, 1.82) is 0 Å². The predicted molar refractivity (Wildman–Crippen MR) is 89.7 cm³/mol. The van der Waals surface area contributed by atoms with Gasteiger partial charge in [-0.3, -0.25) is 0 Å². The molecule has 1 aliphatic carbocycles. The van der Waals surface area contributed by atoms with Crippen LogP contribution in [0.25, 0.3) is 0 Å². The van der Waals surface area contributed by atoms with Crippen LogP contribution in [0.3, 0.4) is 0 Å². The van der Waals surface area contributed by atoms with Crippen molar-refractivity contribution in [1.82, 2.24) is 0 Å². The standard InChI is InChI=1S/C19H29Cl/c1-2-3-4-5-6-7-12-19(20)18-14-13-16-10-8-9-11-17(16)15-18/h13-15,19H,2-12H2,1H3. The third-order valence-electron chi connectivity index (χ3n) is 4.55. The maximum atomic E-state index is 6.59. The summed E-state index contributed by atoms with van der Waals surface area (Å²) in [7, 11) is 0. The molecular weight excluding hydrogens is 264 g/mol. The molecule has 0 radical (unpaired) electrons. The van der Waals surface area contributed by atoms with E-state index in [4.69, 9.17) is 11.6 Å². The maximum Gasteiger partial charge on any atom is 0.0585 e. The Labute approximate surface area is 129 Å². The highest BCUT2D eigenvalue weighted by molar-refractivity contribution is 6.20. The molecule has 0 saturated carbocycles. The molecule has 20 heavy (non-hydrogen) atoms. The summed E-state index contributed by atoms with van der Waals surface area (Å²) in [6.45, 7) is 2.27. The highest BCUT2D eigenvalue weighted by Crippen LogP contribution is 2.30. The monoisotopic (exact) mass is 292 g/mol. The lowest BCUT2D eigenvalue weighted by Gasteiger charge is -2.18. The molecular formula is C19H29Cl. The summed E-state index contributed by atoms with van der Waals surface area (Å²) in [4.78, 5) is 0. The minimum absolute atomic E-state index is 0.216. The number of unbranched alkanes of at least 4 members (excludes halogenated alkanes) is 5. The van der Waals surface area contributed by atoms with Crippen LogP contribution in [0.15, 0.2) is 18.2 Å². The molecule has 0 saturated heterocycles. The fourth-order valence-corrected chi connectivity index (χ4v) is 3.51. The van der Waals surface area contributed by atoms with Crippen LogP contribution in [-0.2, 0) is 12.8 Å². The van der Waals surface area contributed by atoms with E-state index >= 15 is 0 Å². The van der Waals surface area contributed by atoms with Crippen molar-refractivity contribution in [2.24, 2.45) is 0 Å². The summed E-state index contributed by atoms with van der Waals surface area (Å²) < 4.78 is 0. The smallest absolute Gasteiger partial charge is 0.0585 e. The van der Waals surface area contributed by atoms with E-state index in [1.807, 2.05) is 0 Å². The Morgan fingerprint density at radius 3 is 2.45 bits per heavy atom. The second kappa shape index (κ2) is 8.72. The van der Waals surface area contributed by atoms with Crippen molar-refractivity contribution in [2.75, 3.05) is 0 Å². The molecule has 0 bridgehead atoms. The second-order valence-corrected chi connectivity index (χ2v) is 6.79. The average Bonchev–Trinajstić information content (AvgIpc) is 2.50. The number of fused-ring (bicyclic) bond motifs is 1. The first-order chi connectivity index (χ1) is 9.81. The molecule has 0 nitrogen and oxygen atoms in total. The Morgan fingerprint density at radius 1 is 0.950 bits per heavy atom. The lowest BCUT2D eigenvalue weighted by molar-refractivity contribution is 0.584. The zero-order valence-corrected chi connectivity index (χ0v) is 13.7. The van der Waals surface area contributed by atoms with Gasteiger partial charge in [0.05, 0.1) is 5.38 Å². The van der Waals surface area contributed by atoms with Gasteiger partial charge in [0.2, 0.25) is 0 Å². The third kappa shape index (κ3) is 4.81. The van der Waals surface area contributed by atoms with Gasteiger partial charge < -0.3 is 0 Å². The number of halogens is 1. The number of alkyl halides is 1. The molecule has 0 N–H and O–H groups in total. The van der Waals surface area contributed by atoms with Gasteiger partial charge in [-0.2, -0.15) is 0 Å². The molecule has 1 aromatic carbocycles. The summed E-state index contributed by atoms with van der Waals surface area (Å²) in [6.07, 6.45) is 14.4. The summed E-state index contributed by atoms with van der Waals surface area (Å²) in [5.74, 6) is 0. The second-order valence-electron chi connectivity index (χ2n) is 6.26. The predicted octanol–water partition coefficient (Wildman–Crippen LogP) is 6.60. The highest BCUT2D eigenvalue weighted by atomic mass is 35.5. The van der Waals surface area contributed by atoms with Gasteiger partial charge in [-0.25, -0.2) is 0 Å². The van der Waals surface area contributed by atoms with Gasteiger partial charge in [-0.1, -0.05) is 63.6 Å². The van der Waals surface area contributed by atoms with Crippen LogP contribution < -0.4 is 0 Å². The molecule has 1 aromatic rings. The van der Waals surface area contributed by atoms with Crippen molar-refractivity contribution in [3.05, 3.63) is 34.9 Å². The molecule has 2 rings (SSSR count). The van der Waals surface area contributed by atoms with E-state index in [1.165, 1.54) is 69.8 Å². The van der Waals surface area contributed by atoms with E-state index in [2.05, 4.69) is 25.1 Å². The van der Waals surface area contributed by atoms with E-state index in [0.717, 1.165) is 6.42 Å². The summed E-state index contributed by atoms with van der Waals surface area (Å²) in [6, 6.07) is 6.96. The van der Waals surface area contributed by atoms with Gasteiger partial charge in [0.25, 0.3) is 0 Å². The molecule has 0 aliphatic heterocycles. The van der Waals surface area contributed by atoms with Crippen LogP contribution in [0.1, 0.15) is 86.8 Å². The van der Waals surface area contributed by atoms with Crippen LogP contribution in [0.2, 0.25) is 0 Å². The zero-order valence-electron chi connectivity index (χ0n) is 13.0. The van der Waals surface area contributed by atoms with Gasteiger partial charge in [-0.15, -0.1) is 11.6 Å². The third-order valence-corrected chi connectivity index (χ3v) is 5.02. The van der Waals surface area contributed by atoms with Gasteiger partial charge in [-0.05, 0) is 48.8 Å². The lowest BCUT2D eigenvalue weighted by Crippen LogP contribution is -2.04. The minimum atomic E-state index is 0.216. The van der Waals surface area contributed by atoms with Crippen molar-refractivity contribution in [3.63, 3.8) is 0 Å². The summed E-state index contributed by atoms with van der Waals surface area (Å²) >= 11 is 6.59. The maximum absolute atomic E-state index is 6.59. The summed E-state index contributed by atoms with van der Waals surface area (Å²) in [5.41, 5.74) is 4.46. The molecule has 0 spiro atoms. The SMILES string of the molecule is CCCCCCCCC(Cl)c1ccc2c(c1)CCCC2. The van der Waals surface area contributed by atoms with E-state index in [9.17, 15) is 0 Å². The highest BCUT2D eigenvalue weighted by Gasteiger charge is 2.13. The zero-order chi connectivity index (χ0) is 14.2. The molecule has 1 unspecified atom stereocenters. The van der Waals surface area contributed by atoms with E-state index < -0.39 is 0 Å². The molecule has 112 valence electrons. The Kier molecular flexibility index (Phi) is 6.93. The van der Waals surface area contributed by atoms with Crippen LogP contribution >= 0.6 is 11.6 Å². The van der Waals surface area contributed by atoms with Gasteiger partial charge in [0.1, 0.15) is 0 Å². The van der Waals surface area contributed by atoms with E-state index in [1.54, 1.807) is 11.1 Å². The fourth-order valence-electron chi connectivity index (χ4n) is 3.22. The Balaban J connectivity index is 1.76. The van der Waals surface area contributed by atoms with Crippen molar-refractivity contribution >= 4 is 11.6 Å². The number of rotatable bonds is 8. The molecule has 1 atom stereocenters. The number of benzene rings is 1. The largest absolute Gasteiger partial charge is 0.118 e. The van der Waals surface area contributed by atoms with Crippen LogP contribution in [0, 0.1) is 0 Å². The fraction of sp³-hybridized carbons (Fsp3) is 0.684. The molecule has 0 fully saturated rings. The van der Waals surface area contributed by atoms with E-state index in [-0.39, 0.29) is 5.38 Å². The Bertz CT molecular complexity index is 397. The Hall–Kier alpha value is -0.490. The minimum Gasteiger partial charge on any atom is -0.118 e. The quantitative estimate of drug-likeness (QED) is 0.374. The first-order valence-electron chi connectivity index (χ1n) is 8.57. The normalized spacial score (nSPS) is 15.9. The van der Waals surface area contributed by atoms with Crippen LogP contribution in [0.5, 0.6) is 0 Å². The van der Waals surface area contributed by atoms with Crippen LogP contribution in [-0.4, -0.2) is 0 Å².